The fraction of sp³-hybridized carbons (Fsp3) is 0.300. The zero-order valence-corrected chi connectivity index (χ0v) is 19.8. The number of nitro benzene ring substituents is 1. The van der Waals surface area contributed by atoms with E-state index in [1.165, 1.54) is 25.2 Å². The molecule has 3 aromatic rings. The lowest BCUT2D eigenvalue weighted by molar-refractivity contribution is -0.385. The molecule has 3 rings (SSSR count). The molecule has 1 amide bonds. The van der Waals surface area contributed by atoms with Gasteiger partial charge in [-0.1, -0.05) is 11.3 Å². The van der Waals surface area contributed by atoms with Crippen molar-refractivity contribution in [2.24, 2.45) is 0 Å². The van der Waals surface area contributed by atoms with Crippen LogP contribution in [0.2, 0.25) is 0 Å². The van der Waals surface area contributed by atoms with E-state index in [2.05, 4.69) is 4.98 Å². The van der Waals surface area contributed by atoms with Crippen molar-refractivity contribution >= 4 is 50.7 Å². The van der Waals surface area contributed by atoms with Gasteiger partial charge in [0.2, 0.25) is 0 Å². The molecule has 33 heavy (non-hydrogen) atoms. The Balaban J connectivity index is 0.00000385. The van der Waals surface area contributed by atoms with Gasteiger partial charge in [0.1, 0.15) is 16.9 Å². The lowest BCUT2D eigenvalue weighted by Gasteiger charge is -2.22. The predicted octanol–water partition coefficient (Wildman–Crippen LogP) is 4.13. The van der Waals surface area contributed by atoms with Crippen molar-refractivity contribution < 1.29 is 28.0 Å². The molecule has 0 atom stereocenters. The lowest BCUT2D eigenvalue weighted by atomic mass is 10.1. The van der Waals surface area contributed by atoms with Crippen molar-refractivity contribution in [1.82, 2.24) is 9.88 Å². The highest BCUT2D eigenvalue weighted by Gasteiger charge is 2.30. The van der Waals surface area contributed by atoms with Gasteiger partial charge >= 0.3 is 0 Å². The van der Waals surface area contributed by atoms with Gasteiger partial charge in [0.25, 0.3) is 11.6 Å². The van der Waals surface area contributed by atoms with Gasteiger partial charge < -0.3 is 14.4 Å². The number of anilines is 1. The van der Waals surface area contributed by atoms with E-state index >= 15 is 0 Å². The largest absolute Gasteiger partial charge is 0.493 e. The molecule has 0 aliphatic rings. The SMILES string of the molecule is COc1cc(C(=O)N(CCN(C)C)c2nc3c(F)cc(F)cc3s2)c([N+](=O)[O-])cc1OC.Cl. The number of fused-ring (bicyclic) bond motifs is 1. The van der Waals surface area contributed by atoms with E-state index in [9.17, 15) is 23.7 Å². The Bertz CT molecular complexity index is 1190. The molecule has 13 heteroatoms. The number of thiazole rings is 1. The molecule has 178 valence electrons. The van der Waals surface area contributed by atoms with Crippen molar-refractivity contribution in [3.05, 3.63) is 51.6 Å². The Kier molecular flexibility index (Phi) is 8.47. The first kappa shape index (κ1) is 26.2. The summed E-state index contributed by atoms with van der Waals surface area (Å²) in [5.41, 5.74) is -0.825. The summed E-state index contributed by atoms with van der Waals surface area (Å²) in [6.07, 6.45) is 0. The van der Waals surface area contributed by atoms with E-state index in [1.54, 1.807) is 19.0 Å². The summed E-state index contributed by atoms with van der Waals surface area (Å²) in [6.45, 7) is 0.487. The lowest BCUT2D eigenvalue weighted by Crippen LogP contribution is -2.37. The Labute approximate surface area is 198 Å². The van der Waals surface area contributed by atoms with Crippen LogP contribution in [-0.2, 0) is 0 Å². The molecule has 0 aliphatic heterocycles. The number of ether oxygens (including phenoxy) is 2. The number of nitro groups is 1. The zero-order chi connectivity index (χ0) is 23.6. The molecule has 9 nitrogen and oxygen atoms in total. The Morgan fingerprint density at radius 3 is 2.33 bits per heavy atom. The molecule has 0 aliphatic carbocycles. The van der Waals surface area contributed by atoms with Gasteiger partial charge in [-0.3, -0.25) is 19.8 Å². The first-order valence-corrected chi connectivity index (χ1v) is 10.1. The van der Waals surface area contributed by atoms with Crippen LogP contribution in [0, 0.1) is 21.7 Å². The average molecular weight is 503 g/mol. The van der Waals surface area contributed by atoms with Crippen LogP contribution in [0.4, 0.5) is 19.6 Å². The minimum Gasteiger partial charge on any atom is -0.493 e. The summed E-state index contributed by atoms with van der Waals surface area (Å²) in [4.78, 5) is 31.6. The van der Waals surface area contributed by atoms with Gasteiger partial charge in [-0.05, 0) is 20.2 Å². The van der Waals surface area contributed by atoms with E-state index in [1.807, 2.05) is 0 Å². The number of amides is 1. The smallest absolute Gasteiger partial charge is 0.286 e. The second-order valence-electron chi connectivity index (χ2n) is 6.97. The first-order valence-electron chi connectivity index (χ1n) is 9.28. The summed E-state index contributed by atoms with van der Waals surface area (Å²) in [7, 11) is 6.23. The average Bonchev–Trinajstić information content (AvgIpc) is 3.16. The summed E-state index contributed by atoms with van der Waals surface area (Å²) in [5, 5.41) is 11.8. The van der Waals surface area contributed by atoms with Gasteiger partial charge in [0, 0.05) is 25.2 Å². The molecule has 0 spiro atoms. The van der Waals surface area contributed by atoms with E-state index in [4.69, 9.17) is 9.47 Å². The van der Waals surface area contributed by atoms with Crippen molar-refractivity contribution in [3.8, 4) is 11.5 Å². The van der Waals surface area contributed by atoms with Crippen LogP contribution in [0.3, 0.4) is 0 Å². The summed E-state index contributed by atoms with van der Waals surface area (Å²) in [6, 6.07) is 4.14. The molecule has 0 N–H and O–H groups in total. The van der Waals surface area contributed by atoms with Gasteiger partial charge in [-0.2, -0.15) is 0 Å². The number of rotatable bonds is 8. The molecule has 0 saturated heterocycles. The minimum absolute atomic E-state index is 0. The van der Waals surface area contributed by atoms with Crippen molar-refractivity contribution in [3.63, 3.8) is 0 Å². The summed E-state index contributed by atoms with van der Waals surface area (Å²) >= 11 is 0.910. The molecule has 2 aromatic carbocycles. The molecular weight excluding hydrogens is 482 g/mol. The number of hydrogen-bond donors (Lipinski definition) is 0. The number of aromatic nitrogens is 1. The molecule has 0 bridgehead atoms. The molecule has 1 heterocycles. The predicted molar refractivity (Wildman–Crippen MR) is 123 cm³/mol. The second-order valence-corrected chi connectivity index (χ2v) is 7.98. The van der Waals surface area contributed by atoms with Crippen LogP contribution in [0.5, 0.6) is 11.5 Å². The number of likely N-dealkylation sites (N-methyl/N-ethyl adjacent to an activating group) is 1. The van der Waals surface area contributed by atoms with Gasteiger partial charge in [-0.25, -0.2) is 13.8 Å². The van der Waals surface area contributed by atoms with Crippen LogP contribution >= 0.6 is 23.7 Å². The van der Waals surface area contributed by atoms with Crippen LogP contribution in [0.1, 0.15) is 10.4 Å². The molecule has 0 fully saturated rings. The Morgan fingerprint density at radius 1 is 1.12 bits per heavy atom. The fourth-order valence-corrected chi connectivity index (χ4v) is 4.01. The van der Waals surface area contributed by atoms with Crippen LogP contribution < -0.4 is 14.4 Å². The number of halogens is 3. The molecule has 0 unspecified atom stereocenters. The third kappa shape index (κ3) is 5.46. The summed E-state index contributed by atoms with van der Waals surface area (Å²) < 4.78 is 38.3. The van der Waals surface area contributed by atoms with Crippen LogP contribution in [0.25, 0.3) is 10.2 Å². The maximum atomic E-state index is 14.2. The number of carbonyl (C=O) groups is 1. The molecule has 1 aromatic heterocycles. The highest BCUT2D eigenvalue weighted by molar-refractivity contribution is 7.22. The quantitative estimate of drug-likeness (QED) is 0.337. The third-order valence-corrected chi connectivity index (χ3v) is 5.60. The standard InChI is InChI=1S/C20H20F2N4O5S.ClH/c1-24(2)5-6-25(20-23-18-13(22)7-11(21)8-17(18)32-20)19(27)12-9-15(30-3)16(31-4)10-14(12)26(28)29;/h7-10H,5-6H2,1-4H3;1H. The minimum atomic E-state index is -0.861. The third-order valence-electron chi connectivity index (χ3n) is 4.58. The van der Waals surface area contributed by atoms with E-state index in [-0.39, 0.29) is 51.4 Å². The van der Waals surface area contributed by atoms with Crippen LogP contribution in [0.15, 0.2) is 24.3 Å². The zero-order valence-electron chi connectivity index (χ0n) is 18.1. The number of hydrogen-bond acceptors (Lipinski definition) is 8. The fourth-order valence-electron chi connectivity index (χ4n) is 2.98. The topological polar surface area (TPSA) is 98.0 Å². The molecule has 0 saturated carbocycles. The maximum Gasteiger partial charge on any atom is 0.286 e. The van der Waals surface area contributed by atoms with E-state index in [0.717, 1.165) is 23.5 Å². The van der Waals surface area contributed by atoms with E-state index in [0.29, 0.717) is 12.6 Å². The van der Waals surface area contributed by atoms with Gasteiger partial charge in [-0.15, -0.1) is 12.4 Å². The monoisotopic (exact) mass is 502 g/mol. The normalized spacial score (nSPS) is 10.8. The Hall–Kier alpha value is -3.09. The highest BCUT2D eigenvalue weighted by atomic mass is 35.5. The van der Waals surface area contributed by atoms with E-state index < -0.39 is 28.2 Å². The molecule has 0 radical (unpaired) electrons. The van der Waals surface area contributed by atoms with Crippen molar-refractivity contribution in [2.45, 2.75) is 0 Å². The highest BCUT2D eigenvalue weighted by Crippen LogP contribution is 2.37. The number of carbonyl (C=O) groups excluding carboxylic acids is 1. The van der Waals surface area contributed by atoms with Gasteiger partial charge in [0.15, 0.2) is 22.4 Å². The van der Waals surface area contributed by atoms with Crippen LogP contribution in [-0.4, -0.2) is 62.1 Å². The number of methoxy groups -OCH3 is 2. The van der Waals surface area contributed by atoms with Crippen molar-refractivity contribution in [1.29, 1.82) is 0 Å². The second kappa shape index (κ2) is 10.7. The van der Waals surface area contributed by atoms with Gasteiger partial charge in [0.05, 0.1) is 29.9 Å². The van der Waals surface area contributed by atoms with Crippen molar-refractivity contribution in [2.75, 3.05) is 46.3 Å². The number of nitrogens with zero attached hydrogens (tertiary/aromatic N) is 4. The summed E-state index contributed by atoms with van der Waals surface area (Å²) in [5.74, 6) is -2.15. The maximum absolute atomic E-state index is 14.2. The number of benzene rings is 2. The Morgan fingerprint density at radius 2 is 1.76 bits per heavy atom. The first-order chi connectivity index (χ1) is 15.2. The molecular formula is C20H21ClF2N4O5S.